The van der Waals surface area contributed by atoms with Gasteiger partial charge in [-0.2, -0.15) is 13.2 Å². The number of primary amides is 1. The van der Waals surface area contributed by atoms with Gasteiger partial charge in [0.2, 0.25) is 11.8 Å². The number of nitrogens with zero attached hydrogens (tertiary/aromatic N) is 3. The minimum atomic E-state index is -5.02. The summed E-state index contributed by atoms with van der Waals surface area (Å²) in [6.07, 6.45) is -5.42. The predicted octanol–water partition coefficient (Wildman–Crippen LogP) is 3.87. The predicted molar refractivity (Wildman–Crippen MR) is 106 cm³/mol. The van der Waals surface area contributed by atoms with Gasteiger partial charge in [-0.1, -0.05) is 0 Å². The van der Waals surface area contributed by atoms with Crippen molar-refractivity contribution in [1.82, 2.24) is 14.8 Å². The third kappa shape index (κ3) is 5.76. The molecule has 1 aliphatic rings. The van der Waals surface area contributed by atoms with E-state index in [0.29, 0.717) is 0 Å². The summed E-state index contributed by atoms with van der Waals surface area (Å²) >= 11 is 0. The lowest BCUT2D eigenvalue weighted by Crippen LogP contribution is -2.24. The summed E-state index contributed by atoms with van der Waals surface area (Å²) in [5.41, 5.74) is 2.59. The lowest BCUT2D eigenvalue weighted by atomic mass is 10.1. The van der Waals surface area contributed by atoms with Crippen LogP contribution in [-0.2, 0) is 12.7 Å². The normalized spacial score (nSPS) is 17.9. The molecule has 1 unspecified atom stereocenters. The molecule has 180 valence electrons. The molecule has 2 amide bonds. The first-order valence-corrected chi connectivity index (χ1v) is 10.1. The molecule has 1 atom stereocenters. The van der Waals surface area contributed by atoms with Crippen molar-refractivity contribution in [3.8, 4) is 5.88 Å². The van der Waals surface area contributed by atoms with E-state index in [4.69, 9.17) is 10.5 Å². The average molecular weight is 475 g/mol. The number of carbonyl (C=O) groups is 2. The molecule has 1 fully saturated rings. The SMILES string of the molecule is CC(C)Oc1nn(CC2CCC(F)(F)C2)c(C(=O)Nc2ccnc(C(N)=O)c2)c1C(F)(F)F. The lowest BCUT2D eigenvalue weighted by molar-refractivity contribution is -0.139. The first-order chi connectivity index (χ1) is 15.3. The number of hydrogen-bond donors (Lipinski definition) is 2. The van der Waals surface area contributed by atoms with Gasteiger partial charge in [-0.25, -0.2) is 8.78 Å². The number of nitrogens with one attached hydrogen (secondary N) is 1. The first-order valence-electron chi connectivity index (χ1n) is 10.1. The van der Waals surface area contributed by atoms with Gasteiger partial charge in [0.25, 0.3) is 11.8 Å². The van der Waals surface area contributed by atoms with E-state index in [1.165, 1.54) is 19.9 Å². The Bertz CT molecular complexity index is 1050. The molecule has 33 heavy (non-hydrogen) atoms. The Labute approximate surface area is 185 Å². The fraction of sp³-hybridized carbons (Fsp3) is 0.500. The molecule has 3 N–H and O–H groups in total. The Balaban J connectivity index is 2.04. The summed E-state index contributed by atoms with van der Waals surface area (Å²) in [7, 11) is 0. The number of amides is 2. The minimum absolute atomic E-state index is 0.0385. The molecule has 0 radical (unpaired) electrons. The van der Waals surface area contributed by atoms with Crippen molar-refractivity contribution >= 4 is 17.5 Å². The van der Waals surface area contributed by atoms with Crippen molar-refractivity contribution in [1.29, 1.82) is 0 Å². The number of hydrogen-bond acceptors (Lipinski definition) is 5. The van der Waals surface area contributed by atoms with E-state index in [2.05, 4.69) is 15.4 Å². The number of carbonyl (C=O) groups excluding carboxylic acids is 2. The molecule has 2 aromatic heterocycles. The van der Waals surface area contributed by atoms with E-state index in [1.807, 2.05) is 0 Å². The van der Waals surface area contributed by atoms with Crippen LogP contribution in [0.15, 0.2) is 18.3 Å². The smallest absolute Gasteiger partial charge is 0.423 e. The van der Waals surface area contributed by atoms with Gasteiger partial charge in [0.15, 0.2) is 0 Å². The highest BCUT2D eigenvalue weighted by Gasteiger charge is 2.45. The van der Waals surface area contributed by atoms with Gasteiger partial charge >= 0.3 is 6.18 Å². The van der Waals surface area contributed by atoms with Crippen molar-refractivity contribution < 1.29 is 36.3 Å². The standard InChI is InChI=1S/C20H22F5N5O3/c1-10(2)33-18-14(20(23,24)25)15(30(29-18)9-11-3-5-19(21,22)8-11)17(32)28-12-4-6-27-13(7-12)16(26)31/h4,6-7,10-11H,3,5,8-9H2,1-2H3,(H2,26,31)(H,27,28,32). The van der Waals surface area contributed by atoms with Gasteiger partial charge in [0, 0.05) is 31.3 Å². The van der Waals surface area contributed by atoms with Crippen LogP contribution in [-0.4, -0.2) is 38.6 Å². The van der Waals surface area contributed by atoms with Gasteiger partial charge in [0.1, 0.15) is 17.0 Å². The maximum atomic E-state index is 14.0. The van der Waals surface area contributed by atoms with Crippen LogP contribution in [0.3, 0.4) is 0 Å². The minimum Gasteiger partial charge on any atom is -0.473 e. The number of anilines is 1. The Morgan fingerprint density at radius 2 is 2.06 bits per heavy atom. The number of rotatable bonds is 7. The maximum absolute atomic E-state index is 14.0. The number of alkyl halides is 5. The molecule has 0 aliphatic heterocycles. The Morgan fingerprint density at radius 1 is 1.36 bits per heavy atom. The number of nitrogens with two attached hydrogens (primary N) is 1. The first kappa shape index (κ1) is 24.4. The molecule has 3 rings (SSSR count). The van der Waals surface area contributed by atoms with E-state index < -0.39 is 65.9 Å². The zero-order valence-corrected chi connectivity index (χ0v) is 17.7. The highest BCUT2D eigenvalue weighted by atomic mass is 19.4. The topological polar surface area (TPSA) is 112 Å². The molecule has 0 spiro atoms. The van der Waals surface area contributed by atoms with Crippen LogP contribution in [0.2, 0.25) is 0 Å². The van der Waals surface area contributed by atoms with Crippen molar-refractivity contribution in [3.63, 3.8) is 0 Å². The third-order valence-electron chi connectivity index (χ3n) is 4.97. The second-order valence-electron chi connectivity index (χ2n) is 8.09. The summed E-state index contributed by atoms with van der Waals surface area (Å²) < 4.78 is 75.2. The molecule has 2 heterocycles. The third-order valence-corrected chi connectivity index (χ3v) is 4.97. The van der Waals surface area contributed by atoms with Crippen molar-refractivity contribution in [2.75, 3.05) is 5.32 Å². The molecule has 2 aromatic rings. The number of aromatic nitrogens is 3. The molecule has 0 bridgehead atoms. The number of pyridine rings is 1. The highest BCUT2D eigenvalue weighted by molar-refractivity contribution is 6.05. The Morgan fingerprint density at radius 3 is 2.61 bits per heavy atom. The van der Waals surface area contributed by atoms with Crippen molar-refractivity contribution in [2.45, 2.75) is 57.9 Å². The molecular formula is C20H22F5N5O3. The summed E-state index contributed by atoms with van der Waals surface area (Å²) in [5, 5.41) is 6.08. The number of halogens is 5. The lowest BCUT2D eigenvalue weighted by Gasteiger charge is -2.15. The van der Waals surface area contributed by atoms with E-state index in [1.54, 1.807) is 0 Å². The molecule has 1 aliphatic carbocycles. The summed E-state index contributed by atoms with van der Waals surface area (Å²) in [6, 6.07) is 2.35. The second-order valence-corrected chi connectivity index (χ2v) is 8.09. The van der Waals surface area contributed by atoms with Gasteiger partial charge < -0.3 is 15.8 Å². The highest BCUT2D eigenvalue weighted by Crippen LogP contribution is 2.42. The maximum Gasteiger partial charge on any atom is 0.423 e. The van der Waals surface area contributed by atoms with Crippen molar-refractivity contribution in [2.24, 2.45) is 11.7 Å². The fourth-order valence-electron chi connectivity index (χ4n) is 3.64. The van der Waals surface area contributed by atoms with Gasteiger partial charge in [-0.05, 0) is 38.3 Å². The monoisotopic (exact) mass is 475 g/mol. The second kappa shape index (κ2) is 8.94. The van der Waals surface area contributed by atoms with Gasteiger partial charge in [-0.3, -0.25) is 19.3 Å². The van der Waals surface area contributed by atoms with Crippen molar-refractivity contribution in [3.05, 3.63) is 35.3 Å². The van der Waals surface area contributed by atoms with Crippen LogP contribution in [0.4, 0.5) is 27.6 Å². The molecule has 0 saturated heterocycles. The summed E-state index contributed by atoms with van der Waals surface area (Å²) in [4.78, 5) is 28.0. The van der Waals surface area contributed by atoms with Gasteiger partial charge in [-0.15, -0.1) is 5.10 Å². The molecule has 13 heteroatoms. The average Bonchev–Trinajstić information content (AvgIpc) is 3.20. The summed E-state index contributed by atoms with van der Waals surface area (Å²) in [5.74, 6) is -6.53. The van der Waals surface area contributed by atoms with Gasteiger partial charge in [0.05, 0.1) is 6.10 Å². The van der Waals surface area contributed by atoms with E-state index in [9.17, 15) is 31.5 Å². The van der Waals surface area contributed by atoms with Crippen LogP contribution in [0.1, 0.15) is 59.7 Å². The number of ether oxygens (including phenoxy) is 1. The van der Waals surface area contributed by atoms with Crippen LogP contribution >= 0.6 is 0 Å². The largest absolute Gasteiger partial charge is 0.473 e. The molecule has 1 saturated carbocycles. The Hall–Kier alpha value is -3.25. The Kier molecular flexibility index (Phi) is 6.61. The quantitative estimate of drug-likeness (QED) is 0.591. The molecule has 8 nitrogen and oxygen atoms in total. The van der Waals surface area contributed by atoms with Crippen LogP contribution in [0.25, 0.3) is 0 Å². The van der Waals surface area contributed by atoms with Crippen LogP contribution < -0.4 is 15.8 Å². The fourth-order valence-corrected chi connectivity index (χ4v) is 3.64. The molecule has 0 aromatic carbocycles. The van der Waals surface area contributed by atoms with Crippen LogP contribution in [0.5, 0.6) is 5.88 Å². The van der Waals surface area contributed by atoms with E-state index in [-0.39, 0.29) is 24.3 Å². The zero-order chi connectivity index (χ0) is 24.6. The molecular weight excluding hydrogens is 453 g/mol. The van der Waals surface area contributed by atoms with E-state index in [0.717, 1.165) is 16.9 Å². The van der Waals surface area contributed by atoms with E-state index >= 15 is 0 Å². The zero-order valence-electron chi connectivity index (χ0n) is 17.7. The van der Waals surface area contributed by atoms with Crippen LogP contribution in [0, 0.1) is 5.92 Å². The summed E-state index contributed by atoms with van der Waals surface area (Å²) in [6.45, 7) is 2.64.